The molecular weight excluding hydrogens is 252 g/mol. The smallest absolute Gasteiger partial charge is 0.414 e. The molecule has 2 bridgehead atoms. The molecule has 0 aliphatic carbocycles. The lowest BCUT2D eigenvalue weighted by molar-refractivity contribution is -0.159. The summed E-state index contributed by atoms with van der Waals surface area (Å²) in [5.41, 5.74) is 1.28. The number of carbonyl (C=O) groups is 2. The number of hydrogen-bond donors (Lipinski definition) is 2. The van der Waals surface area contributed by atoms with Crippen molar-refractivity contribution in [1.29, 1.82) is 0 Å². The number of aryl methyl sites for hydroxylation is 1. The fraction of sp³-hybridized carbons (Fsp3) is 0.583. The van der Waals surface area contributed by atoms with Gasteiger partial charge in [0.05, 0.1) is 11.1 Å². The fourth-order valence-electron chi connectivity index (χ4n) is 2.60. The second kappa shape index (κ2) is 5.00. The Morgan fingerprint density at radius 2 is 1.89 bits per heavy atom. The standard InChI is InChI=1S/C10H14N2O.C2H2O4/c1-8-6-13-9(11-8)10-2-4-12(7-10)5-3-10;3-1(4)2(5)6/h6H,2-5,7H2,1H3;(H,3,4)(H,5,6). The predicted octanol–water partition coefficient (Wildman–Crippen LogP) is 0.486. The van der Waals surface area contributed by atoms with Gasteiger partial charge in [-0.15, -0.1) is 0 Å². The van der Waals surface area contributed by atoms with Crippen LogP contribution in [0.3, 0.4) is 0 Å². The van der Waals surface area contributed by atoms with E-state index in [-0.39, 0.29) is 5.41 Å². The fourth-order valence-corrected chi connectivity index (χ4v) is 2.60. The molecule has 0 aromatic carbocycles. The number of aliphatic carboxylic acids is 2. The third kappa shape index (κ3) is 2.76. The van der Waals surface area contributed by atoms with Crippen LogP contribution >= 0.6 is 0 Å². The van der Waals surface area contributed by atoms with Crippen LogP contribution in [0.5, 0.6) is 0 Å². The molecule has 0 spiro atoms. The Morgan fingerprint density at radius 1 is 1.32 bits per heavy atom. The van der Waals surface area contributed by atoms with Crippen LogP contribution < -0.4 is 0 Å². The van der Waals surface area contributed by atoms with Crippen LogP contribution in [0.2, 0.25) is 0 Å². The molecule has 0 unspecified atom stereocenters. The largest absolute Gasteiger partial charge is 0.473 e. The third-order valence-electron chi connectivity index (χ3n) is 3.60. The van der Waals surface area contributed by atoms with Gasteiger partial charge in [0.2, 0.25) is 5.89 Å². The molecule has 3 heterocycles. The van der Waals surface area contributed by atoms with Crippen molar-refractivity contribution in [3.63, 3.8) is 0 Å². The zero-order valence-corrected chi connectivity index (χ0v) is 10.6. The summed E-state index contributed by atoms with van der Waals surface area (Å²) < 4.78 is 5.53. The third-order valence-corrected chi connectivity index (χ3v) is 3.60. The first-order valence-corrected chi connectivity index (χ1v) is 6.04. The molecule has 0 atom stereocenters. The summed E-state index contributed by atoms with van der Waals surface area (Å²) in [6, 6.07) is 0. The first-order chi connectivity index (χ1) is 8.93. The van der Waals surface area contributed by atoms with E-state index in [1.807, 2.05) is 6.92 Å². The van der Waals surface area contributed by atoms with E-state index >= 15 is 0 Å². The van der Waals surface area contributed by atoms with Crippen LogP contribution in [0, 0.1) is 6.92 Å². The minimum Gasteiger partial charge on any atom is -0.473 e. The summed E-state index contributed by atoms with van der Waals surface area (Å²) >= 11 is 0. The second-order valence-corrected chi connectivity index (χ2v) is 4.96. The Balaban J connectivity index is 0.000000192. The molecule has 19 heavy (non-hydrogen) atoms. The lowest BCUT2D eigenvalue weighted by Crippen LogP contribution is -2.24. The van der Waals surface area contributed by atoms with E-state index in [1.165, 1.54) is 25.9 Å². The Kier molecular flexibility index (Phi) is 3.57. The van der Waals surface area contributed by atoms with Gasteiger partial charge in [-0.1, -0.05) is 0 Å². The Bertz CT molecular complexity index is 476. The van der Waals surface area contributed by atoms with Gasteiger partial charge in [0, 0.05) is 6.54 Å². The van der Waals surface area contributed by atoms with Crippen molar-refractivity contribution in [2.24, 2.45) is 0 Å². The molecular formula is C12H16N2O5. The average molecular weight is 268 g/mol. The lowest BCUT2D eigenvalue weighted by Gasteiger charge is -2.20. The van der Waals surface area contributed by atoms with Gasteiger partial charge in [0.25, 0.3) is 0 Å². The SMILES string of the molecule is Cc1coc(C23CCN(CC2)C3)n1.O=C(O)C(=O)O. The molecule has 2 aliphatic rings. The molecule has 1 aromatic heterocycles. The molecule has 2 N–H and O–H groups in total. The molecule has 7 nitrogen and oxygen atoms in total. The topological polar surface area (TPSA) is 104 Å². The number of fused-ring (bicyclic) bond motifs is 2. The minimum absolute atomic E-state index is 0.272. The summed E-state index contributed by atoms with van der Waals surface area (Å²) in [5, 5.41) is 14.8. The van der Waals surface area contributed by atoms with Crippen LogP contribution in [0.25, 0.3) is 0 Å². The molecule has 0 amide bonds. The van der Waals surface area contributed by atoms with Crippen molar-refractivity contribution >= 4 is 11.9 Å². The van der Waals surface area contributed by atoms with Gasteiger partial charge in [-0.25, -0.2) is 14.6 Å². The Morgan fingerprint density at radius 3 is 2.21 bits per heavy atom. The summed E-state index contributed by atoms with van der Waals surface area (Å²) in [6.45, 7) is 5.60. The van der Waals surface area contributed by atoms with Crippen LogP contribution in [0.15, 0.2) is 10.7 Å². The highest BCUT2D eigenvalue weighted by molar-refractivity contribution is 6.27. The van der Waals surface area contributed by atoms with E-state index in [2.05, 4.69) is 9.88 Å². The van der Waals surface area contributed by atoms with Gasteiger partial charge in [0.1, 0.15) is 6.26 Å². The maximum absolute atomic E-state index is 9.10. The van der Waals surface area contributed by atoms with Crippen LogP contribution in [-0.4, -0.2) is 51.7 Å². The summed E-state index contributed by atoms with van der Waals surface area (Å²) in [5.74, 6) is -2.67. The number of piperidine rings is 1. The van der Waals surface area contributed by atoms with E-state index in [4.69, 9.17) is 24.2 Å². The van der Waals surface area contributed by atoms with Crippen molar-refractivity contribution in [2.75, 3.05) is 19.6 Å². The van der Waals surface area contributed by atoms with Crippen molar-refractivity contribution in [2.45, 2.75) is 25.2 Å². The van der Waals surface area contributed by atoms with Gasteiger partial charge < -0.3 is 19.5 Å². The second-order valence-electron chi connectivity index (χ2n) is 4.96. The molecule has 0 radical (unpaired) electrons. The normalized spacial score (nSPS) is 27.7. The number of carboxylic acids is 2. The number of hydrogen-bond acceptors (Lipinski definition) is 5. The first-order valence-electron chi connectivity index (χ1n) is 6.04. The summed E-state index contributed by atoms with van der Waals surface area (Å²) in [7, 11) is 0. The molecule has 2 aliphatic heterocycles. The van der Waals surface area contributed by atoms with E-state index in [1.54, 1.807) is 6.26 Å². The van der Waals surface area contributed by atoms with Gasteiger partial charge in [-0.3, -0.25) is 0 Å². The van der Waals surface area contributed by atoms with Crippen molar-refractivity contribution in [3.8, 4) is 0 Å². The lowest BCUT2D eigenvalue weighted by atomic mass is 9.84. The highest BCUT2D eigenvalue weighted by Gasteiger charge is 2.48. The summed E-state index contributed by atoms with van der Waals surface area (Å²) in [6.07, 6.45) is 4.23. The van der Waals surface area contributed by atoms with Gasteiger partial charge in [-0.05, 0) is 32.9 Å². The number of carboxylic acid groups (broad SMARTS) is 2. The van der Waals surface area contributed by atoms with E-state index in [0.717, 1.165) is 18.1 Å². The monoisotopic (exact) mass is 268 g/mol. The maximum atomic E-state index is 9.10. The van der Waals surface area contributed by atoms with Crippen LogP contribution in [0.4, 0.5) is 0 Å². The van der Waals surface area contributed by atoms with E-state index in [0.29, 0.717) is 0 Å². The zero-order valence-electron chi connectivity index (χ0n) is 10.6. The average Bonchev–Trinajstić information content (AvgIpc) is 3.04. The van der Waals surface area contributed by atoms with Gasteiger partial charge >= 0.3 is 11.9 Å². The van der Waals surface area contributed by atoms with Gasteiger partial charge in [0.15, 0.2) is 0 Å². The Hall–Kier alpha value is -1.89. The number of oxazole rings is 1. The minimum atomic E-state index is -1.82. The number of aromatic nitrogens is 1. The maximum Gasteiger partial charge on any atom is 0.414 e. The highest BCUT2D eigenvalue weighted by Crippen LogP contribution is 2.42. The van der Waals surface area contributed by atoms with E-state index < -0.39 is 11.9 Å². The van der Waals surface area contributed by atoms with Crippen molar-refractivity contribution < 1.29 is 24.2 Å². The number of nitrogens with zero attached hydrogens (tertiary/aromatic N) is 2. The Labute approximate surface area is 109 Å². The quantitative estimate of drug-likeness (QED) is 0.714. The molecule has 0 saturated carbocycles. The van der Waals surface area contributed by atoms with Crippen LogP contribution in [0.1, 0.15) is 24.4 Å². The molecule has 1 aromatic rings. The molecule has 104 valence electrons. The first kappa shape index (κ1) is 13.5. The van der Waals surface area contributed by atoms with E-state index in [9.17, 15) is 0 Å². The number of rotatable bonds is 1. The predicted molar refractivity (Wildman–Crippen MR) is 63.9 cm³/mol. The molecule has 2 saturated heterocycles. The zero-order chi connectivity index (χ0) is 14.0. The van der Waals surface area contributed by atoms with Crippen molar-refractivity contribution in [1.82, 2.24) is 9.88 Å². The van der Waals surface area contributed by atoms with Crippen molar-refractivity contribution in [3.05, 3.63) is 17.8 Å². The van der Waals surface area contributed by atoms with Gasteiger partial charge in [-0.2, -0.15) is 0 Å². The summed E-state index contributed by atoms with van der Waals surface area (Å²) in [4.78, 5) is 25.2. The molecule has 3 rings (SSSR count). The molecule has 7 heteroatoms. The molecule has 2 fully saturated rings. The highest BCUT2D eigenvalue weighted by atomic mass is 16.4. The van der Waals surface area contributed by atoms with Crippen LogP contribution in [-0.2, 0) is 15.0 Å².